The van der Waals surface area contributed by atoms with Crippen LogP contribution >= 0.6 is 0 Å². The van der Waals surface area contributed by atoms with Crippen LogP contribution in [0.1, 0.15) is 19.4 Å². The van der Waals surface area contributed by atoms with Gasteiger partial charge in [-0.1, -0.05) is 0 Å². The number of nitrogens with one attached hydrogen (secondary N) is 1. The van der Waals surface area contributed by atoms with Crippen molar-refractivity contribution in [3.63, 3.8) is 0 Å². The first-order valence-electron chi connectivity index (χ1n) is 6.40. The number of hydrogen-bond donors (Lipinski definition) is 1. The smallest absolute Gasteiger partial charge is 0.241 e. The average Bonchev–Trinajstić information content (AvgIpc) is 2.37. The Kier molecular flexibility index (Phi) is 3.84. The Labute approximate surface area is 125 Å². The molecule has 1 aromatic rings. The van der Waals surface area contributed by atoms with Crippen LogP contribution in [0.15, 0.2) is 23.1 Å². The van der Waals surface area contributed by atoms with Crippen LogP contribution in [0.4, 0.5) is 0 Å². The molecular weight excluding hydrogens is 314 g/mol. The minimum Gasteiger partial charge on any atom is -0.497 e. The summed E-state index contributed by atoms with van der Waals surface area (Å²) in [4.78, 5) is 0.128. The monoisotopic (exact) mass is 333 g/mol. The molecule has 0 amide bonds. The highest BCUT2D eigenvalue weighted by Gasteiger charge is 2.54. The maximum Gasteiger partial charge on any atom is 0.241 e. The predicted octanol–water partition coefficient (Wildman–Crippen LogP) is 0.858. The van der Waals surface area contributed by atoms with Gasteiger partial charge in [-0.25, -0.2) is 21.6 Å². The van der Waals surface area contributed by atoms with Crippen molar-refractivity contribution in [1.29, 1.82) is 0 Å². The molecular formula is C13H19NO5S2. The van der Waals surface area contributed by atoms with Crippen molar-refractivity contribution in [2.75, 3.05) is 12.9 Å². The number of methoxy groups -OCH3 is 1. The van der Waals surface area contributed by atoms with E-state index >= 15 is 0 Å². The van der Waals surface area contributed by atoms with Gasteiger partial charge in [-0.05, 0) is 44.5 Å². The number of benzene rings is 1. The molecule has 0 bridgehead atoms. The van der Waals surface area contributed by atoms with Gasteiger partial charge >= 0.3 is 0 Å². The largest absolute Gasteiger partial charge is 0.497 e. The summed E-state index contributed by atoms with van der Waals surface area (Å²) in [5.74, 6) is 0.395. The molecule has 1 aromatic carbocycles. The quantitative estimate of drug-likeness (QED) is 0.882. The molecule has 0 saturated carbocycles. The van der Waals surface area contributed by atoms with Crippen LogP contribution in [-0.4, -0.2) is 40.5 Å². The van der Waals surface area contributed by atoms with E-state index in [1.54, 1.807) is 19.1 Å². The van der Waals surface area contributed by atoms with Gasteiger partial charge in [0.15, 0.2) is 9.84 Å². The van der Waals surface area contributed by atoms with Crippen molar-refractivity contribution in [3.8, 4) is 5.75 Å². The van der Waals surface area contributed by atoms with Gasteiger partial charge in [0.05, 0.1) is 28.5 Å². The van der Waals surface area contributed by atoms with E-state index in [0.29, 0.717) is 11.3 Å². The molecule has 1 aliphatic rings. The Bertz CT molecular complexity index is 766. The lowest BCUT2D eigenvalue weighted by atomic mass is 10.1. The number of hydrogen-bond acceptors (Lipinski definition) is 5. The number of ether oxygens (including phenoxy) is 1. The molecule has 8 heteroatoms. The van der Waals surface area contributed by atoms with Crippen LogP contribution in [0.5, 0.6) is 5.75 Å². The molecule has 6 nitrogen and oxygen atoms in total. The van der Waals surface area contributed by atoms with Gasteiger partial charge < -0.3 is 4.74 Å². The number of sulfonamides is 1. The summed E-state index contributed by atoms with van der Waals surface area (Å²) in [5, 5.41) is 0. The van der Waals surface area contributed by atoms with Gasteiger partial charge in [-0.15, -0.1) is 0 Å². The van der Waals surface area contributed by atoms with E-state index < -0.39 is 30.6 Å². The van der Waals surface area contributed by atoms with Gasteiger partial charge in [0.25, 0.3) is 0 Å². The standard InChI is InChI=1S/C13H19NO5S2/c1-9-7-10(19-4)5-6-11(9)21(17,18)14-12-8-20(15,16)13(12,2)3/h5-7,12,14H,8H2,1-4H3/t12-/m0/s1. The molecule has 1 heterocycles. The fraction of sp³-hybridized carbons (Fsp3) is 0.538. The second-order valence-electron chi connectivity index (χ2n) is 5.69. The molecule has 21 heavy (non-hydrogen) atoms. The van der Waals surface area contributed by atoms with E-state index in [2.05, 4.69) is 4.72 Å². The summed E-state index contributed by atoms with van der Waals surface area (Å²) in [6.45, 7) is 4.72. The van der Waals surface area contributed by atoms with Crippen LogP contribution in [0.25, 0.3) is 0 Å². The maximum absolute atomic E-state index is 12.4. The Hall–Kier alpha value is -1.12. The molecule has 1 atom stereocenters. The molecule has 0 aliphatic carbocycles. The fourth-order valence-corrected chi connectivity index (χ4v) is 5.67. The zero-order chi connectivity index (χ0) is 16.1. The zero-order valence-corrected chi connectivity index (χ0v) is 14.0. The molecule has 1 aliphatic heterocycles. The van der Waals surface area contributed by atoms with Crippen molar-refractivity contribution in [3.05, 3.63) is 23.8 Å². The highest BCUT2D eigenvalue weighted by molar-refractivity contribution is 7.94. The number of aryl methyl sites for hydroxylation is 1. The summed E-state index contributed by atoms with van der Waals surface area (Å²) in [6, 6.07) is 4.02. The third kappa shape index (κ3) is 2.67. The summed E-state index contributed by atoms with van der Waals surface area (Å²) in [6.07, 6.45) is 0. The van der Waals surface area contributed by atoms with Gasteiger partial charge in [0.1, 0.15) is 5.75 Å². The molecule has 0 aromatic heterocycles. The van der Waals surface area contributed by atoms with Gasteiger partial charge in [-0.2, -0.15) is 0 Å². The minimum atomic E-state index is -3.77. The fourth-order valence-electron chi connectivity index (χ4n) is 2.23. The van der Waals surface area contributed by atoms with Gasteiger partial charge in [-0.3, -0.25) is 0 Å². The van der Waals surface area contributed by atoms with E-state index in [0.717, 1.165) is 0 Å². The zero-order valence-electron chi connectivity index (χ0n) is 12.4. The van der Waals surface area contributed by atoms with E-state index in [-0.39, 0.29) is 10.6 Å². The van der Waals surface area contributed by atoms with Crippen molar-refractivity contribution < 1.29 is 21.6 Å². The SMILES string of the molecule is COc1ccc(S(=O)(=O)N[C@H]2CS(=O)(=O)C2(C)C)c(C)c1. The second kappa shape index (κ2) is 4.96. The Morgan fingerprint density at radius 2 is 1.95 bits per heavy atom. The topological polar surface area (TPSA) is 89.5 Å². The van der Waals surface area contributed by atoms with Gasteiger partial charge in [0.2, 0.25) is 10.0 Å². The maximum atomic E-state index is 12.4. The average molecular weight is 333 g/mol. The van der Waals surface area contributed by atoms with Crippen LogP contribution in [-0.2, 0) is 19.9 Å². The lowest BCUT2D eigenvalue weighted by Gasteiger charge is -2.43. The third-order valence-electron chi connectivity index (χ3n) is 4.00. The van der Waals surface area contributed by atoms with Gasteiger partial charge in [0, 0.05) is 0 Å². The first-order valence-corrected chi connectivity index (χ1v) is 9.54. The molecule has 1 N–H and O–H groups in total. The van der Waals surface area contributed by atoms with E-state index in [1.807, 2.05) is 0 Å². The molecule has 0 radical (unpaired) electrons. The van der Waals surface area contributed by atoms with Crippen LogP contribution in [0, 0.1) is 6.92 Å². The van der Waals surface area contributed by atoms with Crippen LogP contribution in [0.2, 0.25) is 0 Å². The summed E-state index contributed by atoms with van der Waals surface area (Å²) >= 11 is 0. The molecule has 0 unspecified atom stereocenters. The van der Waals surface area contributed by atoms with Crippen molar-refractivity contribution in [2.24, 2.45) is 0 Å². The Morgan fingerprint density at radius 3 is 2.38 bits per heavy atom. The highest BCUT2D eigenvalue weighted by atomic mass is 32.2. The van der Waals surface area contributed by atoms with Crippen molar-refractivity contribution >= 4 is 19.9 Å². The molecule has 0 spiro atoms. The van der Waals surface area contributed by atoms with E-state index in [9.17, 15) is 16.8 Å². The molecule has 2 rings (SSSR count). The van der Waals surface area contributed by atoms with E-state index in [1.165, 1.54) is 27.0 Å². The normalized spacial score (nSPS) is 23.3. The Morgan fingerprint density at radius 1 is 1.33 bits per heavy atom. The summed E-state index contributed by atoms with van der Waals surface area (Å²) < 4.78 is 54.6. The first kappa shape index (κ1) is 16.3. The molecule has 1 saturated heterocycles. The van der Waals surface area contributed by atoms with Crippen LogP contribution in [0.3, 0.4) is 0 Å². The molecule has 118 valence electrons. The van der Waals surface area contributed by atoms with Crippen molar-refractivity contribution in [1.82, 2.24) is 4.72 Å². The lowest BCUT2D eigenvalue weighted by Crippen LogP contribution is -2.66. The second-order valence-corrected chi connectivity index (χ2v) is 9.99. The first-order chi connectivity index (χ1) is 9.51. The summed E-state index contributed by atoms with van der Waals surface area (Å²) in [5.41, 5.74) is 0.543. The lowest BCUT2D eigenvalue weighted by molar-refractivity contribution is 0.413. The predicted molar refractivity (Wildman–Crippen MR) is 79.7 cm³/mol. The van der Waals surface area contributed by atoms with Crippen LogP contribution < -0.4 is 9.46 Å². The number of rotatable bonds is 4. The summed E-state index contributed by atoms with van der Waals surface area (Å²) in [7, 11) is -5.50. The molecule has 1 fully saturated rings. The highest BCUT2D eigenvalue weighted by Crippen LogP contribution is 2.34. The Balaban J connectivity index is 2.29. The number of sulfone groups is 1. The van der Waals surface area contributed by atoms with Crippen molar-refractivity contribution in [2.45, 2.75) is 36.5 Å². The van der Waals surface area contributed by atoms with E-state index in [4.69, 9.17) is 4.74 Å². The third-order valence-corrected chi connectivity index (χ3v) is 8.29. The minimum absolute atomic E-state index is 0.128.